The van der Waals surface area contributed by atoms with Crippen LogP contribution in [-0.4, -0.2) is 87.5 Å². The first kappa shape index (κ1) is 53.7. The first-order chi connectivity index (χ1) is 27.8. The summed E-state index contributed by atoms with van der Waals surface area (Å²) in [6, 6.07) is -0.806. The molecule has 9 nitrogen and oxygen atoms in total. The highest BCUT2D eigenvalue weighted by atomic mass is 16.7. The number of unbranched alkanes of at least 4 members (excludes halogenated alkanes) is 28. The number of hydrogen-bond acceptors (Lipinski definition) is 8. The van der Waals surface area contributed by atoms with Crippen molar-refractivity contribution in [2.45, 2.75) is 262 Å². The smallest absolute Gasteiger partial charge is 0.220 e. The van der Waals surface area contributed by atoms with E-state index in [1.165, 1.54) is 141 Å². The van der Waals surface area contributed by atoms with Gasteiger partial charge in [0, 0.05) is 6.42 Å². The highest BCUT2D eigenvalue weighted by Gasteiger charge is 2.44. The van der Waals surface area contributed by atoms with Gasteiger partial charge < -0.3 is 40.3 Å². The summed E-state index contributed by atoms with van der Waals surface area (Å²) in [7, 11) is 0. The molecule has 57 heavy (non-hydrogen) atoms. The van der Waals surface area contributed by atoms with Gasteiger partial charge in [0.15, 0.2) is 6.29 Å². The number of carbonyl (C=O) groups is 1. The van der Waals surface area contributed by atoms with Crippen LogP contribution in [0.3, 0.4) is 0 Å². The molecule has 0 spiro atoms. The lowest BCUT2D eigenvalue weighted by Gasteiger charge is -2.40. The van der Waals surface area contributed by atoms with Crippen LogP contribution >= 0.6 is 0 Å². The molecular formula is C48H91NO8. The summed E-state index contributed by atoms with van der Waals surface area (Å²) >= 11 is 0. The third-order valence-electron chi connectivity index (χ3n) is 11.5. The third kappa shape index (κ3) is 29.5. The number of rotatable bonds is 40. The van der Waals surface area contributed by atoms with Crippen LogP contribution in [0.25, 0.3) is 0 Å². The maximum Gasteiger partial charge on any atom is 0.220 e. The highest BCUT2D eigenvalue weighted by Crippen LogP contribution is 2.23. The van der Waals surface area contributed by atoms with Gasteiger partial charge in [0.05, 0.1) is 25.4 Å². The van der Waals surface area contributed by atoms with Gasteiger partial charge in [0.25, 0.3) is 0 Å². The van der Waals surface area contributed by atoms with Crippen molar-refractivity contribution in [3.63, 3.8) is 0 Å². The second kappa shape index (κ2) is 38.8. The van der Waals surface area contributed by atoms with E-state index in [0.717, 1.165) is 57.8 Å². The maximum absolute atomic E-state index is 13.0. The van der Waals surface area contributed by atoms with Crippen LogP contribution < -0.4 is 5.32 Å². The number of carbonyl (C=O) groups excluding carboxylic acids is 1. The van der Waals surface area contributed by atoms with Gasteiger partial charge in [0.1, 0.15) is 24.4 Å². The summed E-state index contributed by atoms with van der Waals surface area (Å²) in [6.45, 7) is 3.78. The van der Waals surface area contributed by atoms with Gasteiger partial charge in [-0.3, -0.25) is 4.79 Å². The lowest BCUT2D eigenvalue weighted by atomic mass is 9.99. The summed E-state index contributed by atoms with van der Waals surface area (Å²) in [5.74, 6) is -0.184. The molecule has 1 amide bonds. The normalized spacial score (nSPS) is 21.1. The Hall–Kier alpha value is -1.33. The molecule has 7 unspecified atom stereocenters. The topological polar surface area (TPSA) is 149 Å². The average molecular weight is 810 g/mol. The molecule has 6 N–H and O–H groups in total. The molecule has 0 aromatic rings. The first-order valence-electron chi connectivity index (χ1n) is 24.1. The molecule has 0 bridgehead atoms. The highest BCUT2D eigenvalue weighted by molar-refractivity contribution is 5.76. The molecule has 1 heterocycles. The van der Waals surface area contributed by atoms with E-state index in [4.69, 9.17) is 9.47 Å². The summed E-state index contributed by atoms with van der Waals surface area (Å²) in [4.78, 5) is 13.0. The molecule has 1 saturated heterocycles. The molecule has 1 fully saturated rings. The molecule has 9 heteroatoms. The second-order valence-electron chi connectivity index (χ2n) is 16.9. The van der Waals surface area contributed by atoms with Crippen LogP contribution in [0.5, 0.6) is 0 Å². The molecule has 0 aromatic carbocycles. The molecule has 1 aliphatic rings. The summed E-state index contributed by atoms with van der Waals surface area (Å²) in [6.07, 6.45) is 39.3. The average Bonchev–Trinajstić information content (AvgIpc) is 3.21. The van der Waals surface area contributed by atoms with E-state index in [-0.39, 0.29) is 12.5 Å². The minimum atomic E-state index is -1.57. The summed E-state index contributed by atoms with van der Waals surface area (Å²) < 4.78 is 11.2. The molecular weight excluding hydrogens is 719 g/mol. The number of amides is 1. The molecule has 0 radical (unpaired) electrons. The van der Waals surface area contributed by atoms with E-state index in [1.54, 1.807) is 6.08 Å². The van der Waals surface area contributed by atoms with Crippen molar-refractivity contribution in [1.29, 1.82) is 0 Å². The zero-order valence-electron chi connectivity index (χ0n) is 36.9. The van der Waals surface area contributed by atoms with Gasteiger partial charge in [-0.2, -0.15) is 0 Å². The van der Waals surface area contributed by atoms with E-state index in [1.807, 2.05) is 6.08 Å². The van der Waals surface area contributed by atoms with Gasteiger partial charge in [0.2, 0.25) is 5.91 Å². The zero-order valence-corrected chi connectivity index (χ0v) is 36.9. The largest absolute Gasteiger partial charge is 0.394 e. The standard InChI is InChI=1S/C48H91NO8/c1-3-5-7-9-11-13-15-17-19-21-22-24-26-28-30-32-34-36-38-44(52)49-41(40-56-48-47(55)46(54)45(53)43(39-50)57-48)42(51)37-35-33-31-29-27-25-23-20-18-16-14-12-10-8-6-4-2/h22,24,35,37,41-43,45-48,50-51,53-55H,3-21,23,25-34,36,38-40H2,1-2H3,(H,49,52)/b24-22-,37-35+. The number of aliphatic hydroxyl groups is 5. The number of ether oxygens (including phenoxy) is 2. The Balaban J connectivity index is 2.34. The van der Waals surface area contributed by atoms with Crippen LogP contribution in [0.15, 0.2) is 24.3 Å². The maximum atomic E-state index is 13.0. The second-order valence-corrected chi connectivity index (χ2v) is 16.9. The molecule has 0 aromatic heterocycles. The Morgan fingerprint density at radius 2 is 0.982 bits per heavy atom. The zero-order chi connectivity index (χ0) is 41.6. The lowest BCUT2D eigenvalue weighted by molar-refractivity contribution is -0.302. The van der Waals surface area contributed by atoms with E-state index in [9.17, 15) is 30.3 Å². The molecule has 336 valence electrons. The van der Waals surface area contributed by atoms with E-state index < -0.39 is 49.5 Å². The predicted molar refractivity (Wildman–Crippen MR) is 235 cm³/mol. The van der Waals surface area contributed by atoms with Crippen LogP contribution in [0, 0.1) is 0 Å². The van der Waals surface area contributed by atoms with Crippen molar-refractivity contribution in [2.24, 2.45) is 0 Å². The van der Waals surface area contributed by atoms with Crippen molar-refractivity contribution in [2.75, 3.05) is 13.2 Å². The quantitative estimate of drug-likeness (QED) is 0.0265. The third-order valence-corrected chi connectivity index (χ3v) is 11.5. The van der Waals surface area contributed by atoms with Crippen molar-refractivity contribution >= 4 is 5.91 Å². The van der Waals surface area contributed by atoms with Gasteiger partial charge in [-0.1, -0.05) is 192 Å². The van der Waals surface area contributed by atoms with Crippen molar-refractivity contribution < 1.29 is 39.8 Å². The SMILES string of the molecule is CCCCCCCCCCC/C=C\CCCCCCCC(=O)NC(COC1OC(CO)C(O)C(O)C1O)C(O)/C=C/CCCCCCCCCCCCCCCC. The predicted octanol–water partition coefficient (Wildman–Crippen LogP) is 10.3. The fraction of sp³-hybridized carbons (Fsp3) is 0.896. The van der Waals surface area contributed by atoms with E-state index in [2.05, 4.69) is 31.3 Å². The number of allylic oxidation sites excluding steroid dienone is 3. The fourth-order valence-electron chi connectivity index (χ4n) is 7.62. The molecule has 0 saturated carbocycles. The number of nitrogens with one attached hydrogen (secondary N) is 1. The number of aliphatic hydroxyl groups excluding tert-OH is 5. The Bertz CT molecular complexity index is 945. The summed E-state index contributed by atoms with van der Waals surface area (Å²) in [5.41, 5.74) is 0. The van der Waals surface area contributed by atoms with Crippen LogP contribution in [0.4, 0.5) is 0 Å². The van der Waals surface area contributed by atoms with Crippen LogP contribution in [0.1, 0.15) is 219 Å². The van der Waals surface area contributed by atoms with E-state index >= 15 is 0 Å². The Morgan fingerprint density at radius 1 is 0.579 bits per heavy atom. The first-order valence-corrected chi connectivity index (χ1v) is 24.1. The van der Waals surface area contributed by atoms with Gasteiger partial charge in [-0.25, -0.2) is 0 Å². The Labute approximate surface area is 349 Å². The van der Waals surface area contributed by atoms with Crippen molar-refractivity contribution in [3.05, 3.63) is 24.3 Å². The van der Waals surface area contributed by atoms with Gasteiger partial charge >= 0.3 is 0 Å². The van der Waals surface area contributed by atoms with Gasteiger partial charge in [-0.15, -0.1) is 0 Å². The van der Waals surface area contributed by atoms with Crippen molar-refractivity contribution in [1.82, 2.24) is 5.32 Å². The van der Waals surface area contributed by atoms with Gasteiger partial charge in [-0.05, 0) is 44.9 Å². The monoisotopic (exact) mass is 810 g/mol. The summed E-state index contributed by atoms with van der Waals surface area (Å²) in [5, 5.41) is 54.2. The van der Waals surface area contributed by atoms with Crippen LogP contribution in [-0.2, 0) is 14.3 Å². The number of hydrogen-bond donors (Lipinski definition) is 6. The minimum absolute atomic E-state index is 0.184. The van der Waals surface area contributed by atoms with Crippen molar-refractivity contribution in [3.8, 4) is 0 Å². The minimum Gasteiger partial charge on any atom is -0.394 e. The molecule has 1 aliphatic heterocycles. The Kier molecular flexibility index (Phi) is 36.6. The van der Waals surface area contributed by atoms with Crippen LogP contribution in [0.2, 0.25) is 0 Å². The molecule has 7 atom stereocenters. The van der Waals surface area contributed by atoms with E-state index in [0.29, 0.717) is 6.42 Å². The Morgan fingerprint density at radius 3 is 1.42 bits per heavy atom. The fourth-order valence-corrected chi connectivity index (χ4v) is 7.62. The molecule has 0 aliphatic carbocycles. The molecule has 1 rings (SSSR count). The lowest BCUT2D eigenvalue weighted by Crippen LogP contribution is -2.60.